The van der Waals surface area contributed by atoms with E-state index in [1.807, 2.05) is 24.3 Å². The van der Waals surface area contributed by atoms with Crippen LogP contribution in [0.25, 0.3) is 0 Å². The molecule has 1 heterocycles. The predicted octanol–water partition coefficient (Wildman–Crippen LogP) is 3.03. The number of carbonyl (C=O) groups excluding carboxylic acids is 1. The van der Waals surface area contributed by atoms with Crippen LogP contribution in [0.15, 0.2) is 51.8 Å². The number of rotatable bonds is 0. The Balaban J connectivity index is 2.06. The van der Waals surface area contributed by atoms with Gasteiger partial charge in [-0.25, -0.2) is 0 Å². The van der Waals surface area contributed by atoms with Gasteiger partial charge in [-0.15, -0.1) is 0 Å². The lowest BCUT2D eigenvalue weighted by Gasteiger charge is -2.24. The van der Waals surface area contributed by atoms with E-state index < -0.39 is 0 Å². The number of carbonyl (C=O) groups is 1. The summed E-state index contributed by atoms with van der Waals surface area (Å²) in [5.41, 5.74) is 2.17. The number of thiol groups is 1. The Morgan fingerprint density at radius 2 is 2.12 bits per heavy atom. The van der Waals surface area contributed by atoms with Gasteiger partial charge in [-0.2, -0.15) is 12.6 Å². The number of benzene rings is 1. The van der Waals surface area contributed by atoms with E-state index in [0.717, 1.165) is 16.9 Å². The van der Waals surface area contributed by atoms with Crippen LogP contribution in [0, 0.1) is 0 Å². The van der Waals surface area contributed by atoms with Crippen LogP contribution in [-0.4, -0.2) is 11.0 Å². The van der Waals surface area contributed by atoms with Crippen molar-refractivity contribution < 1.29 is 4.79 Å². The summed E-state index contributed by atoms with van der Waals surface area (Å²) in [6.07, 6.45) is 4.64. The van der Waals surface area contributed by atoms with Crippen LogP contribution in [0.1, 0.15) is 5.56 Å². The van der Waals surface area contributed by atoms with E-state index in [-0.39, 0.29) is 11.0 Å². The molecule has 16 heavy (non-hydrogen) atoms. The molecule has 2 aliphatic rings. The van der Waals surface area contributed by atoms with Crippen molar-refractivity contribution in [2.45, 2.75) is 16.6 Å². The van der Waals surface area contributed by atoms with Crippen LogP contribution >= 0.6 is 24.4 Å². The molecule has 1 aliphatic heterocycles. The van der Waals surface area contributed by atoms with Crippen molar-refractivity contribution in [3.63, 3.8) is 0 Å². The fourth-order valence-electron chi connectivity index (χ4n) is 1.99. The van der Waals surface area contributed by atoms with Crippen LogP contribution in [0.2, 0.25) is 0 Å². The molecule has 3 heteroatoms. The molecule has 0 bridgehead atoms. The lowest BCUT2D eigenvalue weighted by Crippen LogP contribution is -2.22. The lowest BCUT2D eigenvalue weighted by molar-refractivity contribution is -0.114. The molecule has 1 atom stereocenters. The molecule has 0 N–H and O–H groups in total. The van der Waals surface area contributed by atoms with E-state index in [1.54, 1.807) is 11.8 Å². The standard InChI is InChI=1S/C13H10OS2/c14-13-9-7-8-3-1-2-4-11(8)16-12(9)6-5-10(13)15/h1-6,10,15H,7H2. The molecular formula is C13H10OS2. The number of allylic oxidation sites excluding steroid dienone is 2. The largest absolute Gasteiger partial charge is 0.293 e. The van der Waals surface area contributed by atoms with E-state index in [0.29, 0.717) is 0 Å². The molecule has 1 unspecified atom stereocenters. The SMILES string of the molecule is O=C1C2=C(C=CC1S)Sc1ccccc1C2. The minimum absolute atomic E-state index is 0.155. The van der Waals surface area contributed by atoms with Crippen molar-refractivity contribution in [3.05, 3.63) is 52.5 Å². The molecule has 0 amide bonds. The maximum Gasteiger partial charge on any atom is 0.176 e. The summed E-state index contributed by atoms with van der Waals surface area (Å²) in [7, 11) is 0. The Morgan fingerprint density at radius 1 is 1.31 bits per heavy atom. The Hall–Kier alpha value is -0.930. The van der Waals surface area contributed by atoms with Crippen molar-refractivity contribution in [2.75, 3.05) is 0 Å². The fourth-order valence-corrected chi connectivity index (χ4v) is 3.33. The Labute approximate surface area is 104 Å². The van der Waals surface area contributed by atoms with Crippen LogP contribution < -0.4 is 0 Å². The first kappa shape index (κ1) is 10.2. The number of fused-ring (bicyclic) bond motifs is 1. The highest BCUT2D eigenvalue weighted by molar-refractivity contribution is 8.03. The number of hydrogen-bond donors (Lipinski definition) is 1. The topological polar surface area (TPSA) is 17.1 Å². The monoisotopic (exact) mass is 246 g/mol. The molecule has 3 rings (SSSR count). The molecule has 1 aromatic rings. The van der Waals surface area contributed by atoms with Gasteiger partial charge >= 0.3 is 0 Å². The van der Waals surface area contributed by atoms with Gasteiger partial charge < -0.3 is 0 Å². The van der Waals surface area contributed by atoms with Gasteiger partial charge in [0, 0.05) is 21.8 Å². The normalized spacial score (nSPS) is 23.1. The zero-order chi connectivity index (χ0) is 11.1. The van der Waals surface area contributed by atoms with Crippen molar-refractivity contribution in [2.24, 2.45) is 0 Å². The summed E-state index contributed by atoms with van der Waals surface area (Å²) >= 11 is 5.95. The second-order valence-electron chi connectivity index (χ2n) is 3.90. The van der Waals surface area contributed by atoms with E-state index in [2.05, 4.69) is 24.8 Å². The summed E-state index contributed by atoms with van der Waals surface area (Å²) in [4.78, 5) is 14.3. The zero-order valence-corrected chi connectivity index (χ0v) is 10.2. The Kier molecular flexibility index (Phi) is 2.45. The Morgan fingerprint density at radius 3 is 3.00 bits per heavy atom. The van der Waals surface area contributed by atoms with Crippen molar-refractivity contribution in [1.29, 1.82) is 0 Å². The third kappa shape index (κ3) is 1.55. The molecule has 1 aromatic carbocycles. The van der Waals surface area contributed by atoms with Crippen LogP contribution in [0.3, 0.4) is 0 Å². The van der Waals surface area contributed by atoms with E-state index in [1.165, 1.54) is 10.5 Å². The minimum Gasteiger partial charge on any atom is -0.293 e. The molecule has 0 saturated heterocycles. The number of thioether (sulfide) groups is 1. The van der Waals surface area contributed by atoms with Gasteiger partial charge in [-0.05, 0) is 11.6 Å². The highest BCUT2D eigenvalue weighted by Gasteiger charge is 2.27. The van der Waals surface area contributed by atoms with Gasteiger partial charge in [0.15, 0.2) is 5.78 Å². The van der Waals surface area contributed by atoms with E-state index >= 15 is 0 Å². The highest BCUT2D eigenvalue weighted by atomic mass is 32.2. The second kappa shape index (κ2) is 3.82. The van der Waals surface area contributed by atoms with Gasteiger partial charge in [0.1, 0.15) is 0 Å². The second-order valence-corrected chi connectivity index (χ2v) is 5.54. The van der Waals surface area contributed by atoms with Gasteiger partial charge in [0.05, 0.1) is 5.25 Å². The van der Waals surface area contributed by atoms with Crippen molar-refractivity contribution in [1.82, 2.24) is 0 Å². The summed E-state index contributed by atoms with van der Waals surface area (Å²) < 4.78 is 0. The average Bonchev–Trinajstić information content (AvgIpc) is 2.32. The molecule has 0 fully saturated rings. The van der Waals surface area contributed by atoms with Gasteiger partial charge in [-0.1, -0.05) is 42.1 Å². The Bertz CT molecular complexity index is 528. The summed E-state index contributed by atoms with van der Waals surface area (Å²) in [6.45, 7) is 0. The first-order valence-corrected chi connectivity index (χ1v) is 6.48. The quantitative estimate of drug-likeness (QED) is 0.709. The van der Waals surface area contributed by atoms with Gasteiger partial charge in [0.2, 0.25) is 0 Å². The number of hydrogen-bond acceptors (Lipinski definition) is 3. The molecule has 1 nitrogen and oxygen atoms in total. The first-order chi connectivity index (χ1) is 7.75. The molecule has 0 spiro atoms. The minimum atomic E-state index is -0.260. The fraction of sp³-hybridized carbons (Fsp3) is 0.154. The summed E-state index contributed by atoms with van der Waals surface area (Å²) in [6, 6.07) is 8.25. The first-order valence-electron chi connectivity index (χ1n) is 5.15. The highest BCUT2D eigenvalue weighted by Crippen LogP contribution is 2.41. The van der Waals surface area contributed by atoms with Gasteiger partial charge in [0.25, 0.3) is 0 Å². The summed E-state index contributed by atoms with van der Waals surface area (Å²) in [5, 5.41) is -0.260. The number of ketones is 1. The molecular weight excluding hydrogens is 236 g/mol. The molecule has 1 aliphatic carbocycles. The average molecular weight is 246 g/mol. The summed E-state index contributed by atoms with van der Waals surface area (Å²) in [5.74, 6) is 0.155. The van der Waals surface area contributed by atoms with Crippen LogP contribution in [0.5, 0.6) is 0 Å². The predicted molar refractivity (Wildman–Crippen MR) is 70.0 cm³/mol. The maximum absolute atomic E-state index is 12.0. The molecule has 0 radical (unpaired) electrons. The zero-order valence-electron chi connectivity index (χ0n) is 8.51. The van der Waals surface area contributed by atoms with Crippen LogP contribution in [-0.2, 0) is 11.2 Å². The van der Waals surface area contributed by atoms with E-state index in [9.17, 15) is 4.79 Å². The van der Waals surface area contributed by atoms with Crippen molar-refractivity contribution in [3.8, 4) is 0 Å². The molecule has 0 saturated carbocycles. The lowest BCUT2D eigenvalue weighted by atomic mass is 9.95. The van der Waals surface area contributed by atoms with E-state index in [4.69, 9.17) is 0 Å². The third-order valence-electron chi connectivity index (χ3n) is 2.85. The van der Waals surface area contributed by atoms with Gasteiger partial charge in [-0.3, -0.25) is 4.79 Å². The number of Topliss-reactive ketones (excluding diaryl/α,β-unsaturated/α-hetero) is 1. The molecule has 0 aromatic heterocycles. The smallest absolute Gasteiger partial charge is 0.176 e. The molecule has 80 valence electrons. The van der Waals surface area contributed by atoms with Crippen molar-refractivity contribution >= 4 is 30.2 Å². The maximum atomic E-state index is 12.0. The third-order valence-corrected chi connectivity index (χ3v) is 4.48. The van der Waals surface area contributed by atoms with Crippen LogP contribution in [0.4, 0.5) is 0 Å².